The highest BCUT2D eigenvalue weighted by Gasteiger charge is 2.21. The highest BCUT2D eigenvalue weighted by molar-refractivity contribution is 5.70. The first kappa shape index (κ1) is 16.4. The second-order valence-corrected chi connectivity index (χ2v) is 4.23. The van der Waals surface area contributed by atoms with E-state index < -0.39 is 23.2 Å². The van der Waals surface area contributed by atoms with Crippen molar-refractivity contribution in [3.05, 3.63) is 33.9 Å². The van der Waals surface area contributed by atoms with Gasteiger partial charge in [0.15, 0.2) is 0 Å². The lowest BCUT2D eigenvalue weighted by molar-refractivity contribution is -0.385. The molecule has 114 valence electrons. The van der Waals surface area contributed by atoms with Crippen LogP contribution in [-0.4, -0.2) is 22.2 Å². The Kier molecular flexibility index (Phi) is 5.65. The van der Waals surface area contributed by atoms with Gasteiger partial charge in [0.25, 0.3) is 5.69 Å². The van der Waals surface area contributed by atoms with Crippen LogP contribution in [0.5, 0.6) is 5.75 Å². The number of hydrogen-bond acceptors (Lipinski definition) is 6. The molecule has 0 fully saturated rings. The molecule has 1 aromatic carbocycles. The van der Waals surface area contributed by atoms with Crippen LogP contribution in [0.2, 0.25) is 0 Å². The molecule has 0 saturated heterocycles. The van der Waals surface area contributed by atoms with Gasteiger partial charge in [0, 0.05) is 24.1 Å². The van der Waals surface area contributed by atoms with Gasteiger partial charge in [-0.2, -0.15) is 0 Å². The fraction of sp³-hybridized carbons (Fsp3) is 0.385. The highest BCUT2D eigenvalue weighted by atomic mass is 16.7. The molecule has 8 nitrogen and oxygen atoms in total. The van der Waals surface area contributed by atoms with Crippen LogP contribution in [0.4, 0.5) is 10.5 Å². The number of carboxylic acid groups (broad SMARTS) is 1. The molecule has 0 aromatic heterocycles. The first-order valence-corrected chi connectivity index (χ1v) is 6.23. The van der Waals surface area contributed by atoms with Gasteiger partial charge in [-0.15, -0.1) is 0 Å². The van der Waals surface area contributed by atoms with Crippen molar-refractivity contribution in [3.63, 3.8) is 0 Å². The summed E-state index contributed by atoms with van der Waals surface area (Å²) in [7, 11) is 0. The van der Waals surface area contributed by atoms with Crippen LogP contribution in [0.15, 0.2) is 18.2 Å². The number of nitro benzene ring substituents is 1. The van der Waals surface area contributed by atoms with Crippen molar-refractivity contribution >= 4 is 17.8 Å². The predicted octanol–water partition coefficient (Wildman–Crippen LogP) is 3.06. The quantitative estimate of drug-likeness (QED) is 0.371. The van der Waals surface area contributed by atoms with Gasteiger partial charge < -0.3 is 14.6 Å². The number of benzene rings is 1. The van der Waals surface area contributed by atoms with Gasteiger partial charge in [0.05, 0.1) is 4.92 Å². The smallest absolute Gasteiger partial charge is 0.458 e. The summed E-state index contributed by atoms with van der Waals surface area (Å²) in [4.78, 5) is 32.2. The molecular formula is C13H15NO7. The van der Waals surface area contributed by atoms with Gasteiger partial charge in [-0.3, -0.25) is 14.9 Å². The summed E-state index contributed by atoms with van der Waals surface area (Å²) in [5, 5.41) is 19.4. The maximum Gasteiger partial charge on any atom is 0.511 e. The molecule has 1 N–H and O–H groups in total. The fourth-order valence-electron chi connectivity index (χ4n) is 1.68. The summed E-state index contributed by atoms with van der Waals surface area (Å²) >= 11 is 0. The summed E-state index contributed by atoms with van der Waals surface area (Å²) in [5.41, 5.74) is -0.128. The summed E-state index contributed by atoms with van der Waals surface area (Å²) in [5.74, 6) is -0.581. The normalized spacial score (nSPS) is 11.5. The molecule has 0 radical (unpaired) electrons. The number of hydrogen-bond donors (Lipinski definition) is 1. The van der Waals surface area contributed by atoms with Crippen LogP contribution in [-0.2, 0) is 9.53 Å². The number of ether oxygens (including phenoxy) is 2. The minimum absolute atomic E-state index is 0.107. The van der Waals surface area contributed by atoms with E-state index in [1.165, 1.54) is 6.92 Å². The Hall–Kier alpha value is -2.64. The number of esters is 1. The van der Waals surface area contributed by atoms with E-state index in [-0.39, 0.29) is 23.4 Å². The molecule has 0 aliphatic rings. The second-order valence-electron chi connectivity index (χ2n) is 4.23. The van der Waals surface area contributed by atoms with Gasteiger partial charge in [-0.05, 0) is 19.4 Å². The SMILES string of the molecule is CCCC(=O)OC(C)c1cc([N+](=O)[O-])ccc1OC(=O)O. The van der Waals surface area contributed by atoms with Gasteiger partial charge in [0.1, 0.15) is 11.9 Å². The number of nitro groups is 1. The first-order valence-electron chi connectivity index (χ1n) is 6.23. The van der Waals surface area contributed by atoms with E-state index in [0.29, 0.717) is 6.42 Å². The average Bonchev–Trinajstić information content (AvgIpc) is 2.38. The van der Waals surface area contributed by atoms with Gasteiger partial charge in [-0.25, -0.2) is 4.79 Å². The van der Waals surface area contributed by atoms with Crippen LogP contribution in [0, 0.1) is 10.1 Å². The lowest BCUT2D eigenvalue weighted by atomic mass is 10.1. The Balaban J connectivity index is 3.09. The van der Waals surface area contributed by atoms with Crippen molar-refractivity contribution in [1.82, 2.24) is 0 Å². The second kappa shape index (κ2) is 7.22. The number of carbonyl (C=O) groups is 2. The third-order valence-corrected chi connectivity index (χ3v) is 2.60. The molecule has 1 aromatic rings. The van der Waals surface area contributed by atoms with Crippen LogP contribution >= 0.6 is 0 Å². The van der Waals surface area contributed by atoms with E-state index in [0.717, 1.165) is 18.2 Å². The van der Waals surface area contributed by atoms with E-state index >= 15 is 0 Å². The molecule has 0 saturated carbocycles. The van der Waals surface area contributed by atoms with Crippen molar-refractivity contribution < 1.29 is 29.1 Å². The third-order valence-electron chi connectivity index (χ3n) is 2.60. The minimum atomic E-state index is -1.56. The Morgan fingerprint density at radius 2 is 2.10 bits per heavy atom. The van der Waals surface area contributed by atoms with E-state index in [9.17, 15) is 19.7 Å². The van der Waals surface area contributed by atoms with E-state index in [4.69, 9.17) is 9.84 Å². The maximum absolute atomic E-state index is 11.5. The predicted molar refractivity (Wildman–Crippen MR) is 71.2 cm³/mol. The van der Waals surface area contributed by atoms with Crippen LogP contribution in [0.1, 0.15) is 38.4 Å². The largest absolute Gasteiger partial charge is 0.511 e. The van der Waals surface area contributed by atoms with Crippen LogP contribution in [0.3, 0.4) is 0 Å². The molecule has 0 amide bonds. The number of nitrogens with zero attached hydrogens (tertiary/aromatic N) is 1. The topological polar surface area (TPSA) is 116 Å². The van der Waals surface area contributed by atoms with Crippen LogP contribution < -0.4 is 4.74 Å². The summed E-state index contributed by atoms with van der Waals surface area (Å²) in [6.45, 7) is 3.29. The molecule has 21 heavy (non-hydrogen) atoms. The molecule has 0 spiro atoms. The van der Waals surface area contributed by atoms with Crippen molar-refractivity contribution in [2.45, 2.75) is 32.8 Å². The fourth-order valence-corrected chi connectivity index (χ4v) is 1.68. The van der Waals surface area contributed by atoms with Crippen molar-refractivity contribution in [2.24, 2.45) is 0 Å². The van der Waals surface area contributed by atoms with Gasteiger partial charge >= 0.3 is 12.1 Å². The summed E-state index contributed by atoms with van der Waals surface area (Å²) < 4.78 is 9.64. The van der Waals surface area contributed by atoms with E-state index in [1.54, 1.807) is 6.92 Å². The first-order chi connectivity index (χ1) is 9.85. The molecule has 1 rings (SSSR count). The molecular weight excluding hydrogens is 282 g/mol. The van der Waals surface area contributed by atoms with Crippen molar-refractivity contribution in [2.75, 3.05) is 0 Å². The molecule has 8 heteroatoms. The molecule has 0 aliphatic heterocycles. The zero-order chi connectivity index (χ0) is 16.0. The standard InChI is InChI=1S/C13H15NO7/c1-3-4-12(15)20-8(2)10-7-9(14(18)19)5-6-11(10)21-13(16)17/h5-8H,3-4H2,1-2H3,(H,16,17). The zero-order valence-electron chi connectivity index (χ0n) is 11.6. The molecule has 0 bridgehead atoms. The Morgan fingerprint density at radius 3 is 2.62 bits per heavy atom. The summed E-state index contributed by atoms with van der Waals surface area (Å²) in [6.07, 6.45) is -1.62. The lowest BCUT2D eigenvalue weighted by Gasteiger charge is -2.16. The van der Waals surface area contributed by atoms with E-state index in [2.05, 4.69) is 4.74 Å². The molecule has 0 heterocycles. The zero-order valence-corrected chi connectivity index (χ0v) is 11.6. The van der Waals surface area contributed by atoms with Gasteiger partial charge in [0.2, 0.25) is 0 Å². The Labute approximate surface area is 120 Å². The monoisotopic (exact) mass is 297 g/mol. The van der Waals surface area contributed by atoms with Crippen LogP contribution in [0.25, 0.3) is 0 Å². The minimum Gasteiger partial charge on any atom is -0.458 e. The van der Waals surface area contributed by atoms with E-state index in [1.807, 2.05) is 0 Å². The van der Waals surface area contributed by atoms with Crippen molar-refractivity contribution in [3.8, 4) is 5.75 Å². The Morgan fingerprint density at radius 1 is 1.43 bits per heavy atom. The molecule has 0 aliphatic carbocycles. The molecule has 1 unspecified atom stereocenters. The number of carbonyl (C=O) groups excluding carboxylic acids is 1. The third kappa shape index (κ3) is 4.75. The molecule has 1 atom stereocenters. The average molecular weight is 297 g/mol. The maximum atomic E-state index is 11.5. The number of non-ortho nitro benzene ring substituents is 1. The lowest BCUT2D eigenvalue weighted by Crippen LogP contribution is -2.12. The van der Waals surface area contributed by atoms with Crippen molar-refractivity contribution in [1.29, 1.82) is 0 Å². The van der Waals surface area contributed by atoms with Gasteiger partial charge in [-0.1, -0.05) is 6.92 Å². The Bertz CT molecular complexity index is 555. The summed E-state index contributed by atoms with van der Waals surface area (Å²) in [6, 6.07) is 3.40. The highest BCUT2D eigenvalue weighted by Crippen LogP contribution is 2.31. The number of rotatable bonds is 6.